The second kappa shape index (κ2) is 10.5. The molecule has 0 saturated carbocycles. The Labute approximate surface area is 181 Å². The Bertz CT molecular complexity index is 1110. The number of carbonyl (C=O) groups is 1. The van der Waals surface area contributed by atoms with E-state index in [0.717, 1.165) is 11.1 Å². The minimum atomic E-state index is -3.75. The summed E-state index contributed by atoms with van der Waals surface area (Å²) in [6.07, 6.45) is 1.31. The lowest BCUT2D eigenvalue weighted by molar-refractivity contribution is -0.117. The van der Waals surface area contributed by atoms with Crippen LogP contribution in [0.1, 0.15) is 24.1 Å². The van der Waals surface area contributed by atoms with Crippen LogP contribution in [0.2, 0.25) is 0 Å². The molecule has 2 aromatic rings. The first kappa shape index (κ1) is 23.7. The van der Waals surface area contributed by atoms with Crippen molar-refractivity contribution < 1.29 is 22.7 Å². The Morgan fingerprint density at radius 3 is 2.35 bits per heavy atom. The van der Waals surface area contributed by atoms with Crippen molar-refractivity contribution in [1.29, 1.82) is 5.26 Å². The van der Waals surface area contributed by atoms with Crippen molar-refractivity contribution in [1.82, 2.24) is 10.6 Å². The summed E-state index contributed by atoms with van der Waals surface area (Å²) in [5, 5.41) is 20.0. The minimum absolute atomic E-state index is 0.00744. The van der Waals surface area contributed by atoms with Crippen molar-refractivity contribution >= 4 is 15.9 Å². The smallest absolute Gasteiger partial charge is 0.263 e. The third-order valence-corrected chi connectivity index (χ3v) is 5.35. The zero-order chi connectivity index (χ0) is 23.0. The van der Waals surface area contributed by atoms with E-state index in [2.05, 4.69) is 10.6 Å². The van der Waals surface area contributed by atoms with Crippen LogP contribution in [-0.4, -0.2) is 28.5 Å². The number of nitrogens with one attached hydrogen (secondary N) is 2. The van der Waals surface area contributed by atoms with E-state index in [1.807, 2.05) is 6.07 Å². The predicted molar refractivity (Wildman–Crippen MR) is 114 cm³/mol. The highest BCUT2D eigenvalue weighted by atomic mass is 32.2. The van der Waals surface area contributed by atoms with Gasteiger partial charge in [0.05, 0.1) is 25.2 Å². The molecule has 0 fully saturated rings. The molecule has 1 amide bonds. The van der Waals surface area contributed by atoms with Gasteiger partial charge < -0.3 is 20.1 Å². The first-order valence-electron chi connectivity index (χ1n) is 9.17. The SMILES string of the molecule is COc1ccc(C(C)NC(=O)/C(C#N)=C\NCc2ccc(S(N)(=O)=O)cc2)cc1OC. The lowest BCUT2D eigenvalue weighted by atomic mass is 10.1. The van der Waals surface area contributed by atoms with E-state index in [4.69, 9.17) is 14.6 Å². The molecule has 4 N–H and O–H groups in total. The van der Waals surface area contributed by atoms with Crippen LogP contribution < -0.4 is 25.2 Å². The third kappa shape index (κ3) is 6.47. The second-order valence-electron chi connectivity index (χ2n) is 6.55. The van der Waals surface area contributed by atoms with Crippen molar-refractivity contribution in [3.05, 3.63) is 65.4 Å². The number of nitrogens with zero attached hydrogens (tertiary/aromatic N) is 1. The highest BCUT2D eigenvalue weighted by molar-refractivity contribution is 7.89. The van der Waals surface area contributed by atoms with Crippen molar-refractivity contribution in [2.45, 2.75) is 24.4 Å². The van der Waals surface area contributed by atoms with Gasteiger partial charge in [0, 0.05) is 12.7 Å². The van der Waals surface area contributed by atoms with Crippen LogP contribution in [0.25, 0.3) is 0 Å². The summed E-state index contributed by atoms with van der Waals surface area (Å²) in [5.41, 5.74) is 1.43. The highest BCUT2D eigenvalue weighted by Crippen LogP contribution is 2.29. The number of hydrogen-bond acceptors (Lipinski definition) is 7. The largest absolute Gasteiger partial charge is 0.493 e. The number of methoxy groups -OCH3 is 2. The fraction of sp³-hybridized carbons (Fsp3) is 0.238. The van der Waals surface area contributed by atoms with Crippen LogP contribution in [0.15, 0.2) is 59.1 Å². The number of primary sulfonamides is 1. The van der Waals surface area contributed by atoms with Gasteiger partial charge in [-0.05, 0) is 42.3 Å². The normalized spacial score (nSPS) is 12.4. The standard InChI is InChI=1S/C21H24N4O5S/c1-14(16-6-9-19(29-2)20(10-16)30-3)25-21(26)17(11-22)13-24-12-15-4-7-18(8-5-15)31(23,27)28/h4-10,13-14,24H,12H2,1-3H3,(H,25,26)(H2,23,27,28)/b17-13-. The maximum absolute atomic E-state index is 12.5. The summed E-state index contributed by atoms with van der Waals surface area (Å²) in [6, 6.07) is 12.7. The van der Waals surface area contributed by atoms with Gasteiger partial charge in [-0.3, -0.25) is 4.79 Å². The fourth-order valence-corrected chi connectivity index (χ4v) is 3.21. The summed E-state index contributed by atoms with van der Waals surface area (Å²) in [6.45, 7) is 2.07. The number of amides is 1. The molecule has 0 saturated heterocycles. The molecule has 0 aliphatic rings. The van der Waals surface area contributed by atoms with E-state index in [1.54, 1.807) is 37.3 Å². The molecule has 0 spiro atoms. The molecule has 0 bridgehead atoms. The Balaban J connectivity index is 2.01. The van der Waals surface area contributed by atoms with Crippen LogP contribution in [-0.2, 0) is 21.4 Å². The average molecular weight is 445 g/mol. The van der Waals surface area contributed by atoms with Gasteiger partial charge in [-0.15, -0.1) is 0 Å². The zero-order valence-electron chi connectivity index (χ0n) is 17.4. The van der Waals surface area contributed by atoms with Crippen molar-refractivity contribution in [2.75, 3.05) is 14.2 Å². The summed E-state index contributed by atoms with van der Waals surface area (Å²) in [7, 11) is -0.696. The number of ether oxygens (including phenoxy) is 2. The Hall–Kier alpha value is -3.55. The molecule has 31 heavy (non-hydrogen) atoms. The van der Waals surface area contributed by atoms with Crippen LogP contribution in [0.5, 0.6) is 11.5 Å². The quantitative estimate of drug-likeness (QED) is 0.395. The summed E-state index contributed by atoms with van der Waals surface area (Å²) in [4.78, 5) is 12.5. The van der Waals surface area contributed by atoms with Gasteiger partial charge in [0.15, 0.2) is 11.5 Å². The van der Waals surface area contributed by atoms with Gasteiger partial charge >= 0.3 is 0 Å². The van der Waals surface area contributed by atoms with E-state index < -0.39 is 15.9 Å². The van der Waals surface area contributed by atoms with Gasteiger partial charge in [0.1, 0.15) is 11.6 Å². The second-order valence-corrected chi connectivity index (χ2v) is 8.11. The summed E-state index contributed by atoms with van der Waals surface area (Å²) < 4.78 is 33.0. The maximum atomic E-state index is 12.5. The zero-order valence-corrected chi connectivity index (χ0v) is 18.2. The predicted octanol–water partition coefficient (Wildman–Crippen LogP) is 1.73. The molecule has 9 nitrogen and oxygen atoms in total. The lowest BCUT2D eigenvalue weighted by Crippen LogP contribution is -2.28. The van der Waals surface area contributed by atoms with E-state index in [-0.39, 0.29) is 23.1 Å². The molecule has 2 aromatic carbocycles. The Morgan fingerprint density at radius 1 is 1.16 bits per heavy atom. The molecule has 10 heteroatoms. The van der Waals surface area contributed by atoms with Gasteiger partial charge in [-0.1, -0.05) is 18.2 Å². The van der Waals surface area contributed by atoms with Crippen LogP contribution in [0, 0.1) is 11.3 Å². The number of rotatable bonds is 9. The van der Waals surface area contributed by atoms with E-state index in [1.165, 1.54) is 32.6 Å². The topological polar surface area (TPSA) is 144 Å². The number of benzene rings is 2. The third-order valence-electron chi connectivity index (χ3n) is 4.42. The Kier molecular flexibility index (Phi) is 8.01. The van der Waals surface area contributed by atoms with Crippen LogP contribution in [0.3, 0.4) is 0 Å². The molecule has 164 valence electrons. The van der Waals surface area contributed by atoms with E-state index in [0.29, 0.717) is 11.5 Å². The number of nitriles is 1. The van der Waals surface area contributed by atoms with E-state index >= 15 is 0 Å². The monoisotopic (exact) mass is 444 g/mol. The fourth-order valence-electron chi connectivity index (χ4n) is 2.70. The van der Waals surface area contributed by atoms with Crippen LogP contribution in [0.4, 0.5) is 0 Å². The maximum Gasteiger partial charge on any atom is 0.263 e. The number of carbonyl (C=O) groups excluding carboxylic acids is 1. The van der Waals surface area contributed by atoms with Gasteiger partial charge in [-0.2, -0.15) is 5.26 Å². The van der Waals surface area contributed by atoms with Crippen molar-refractivity contribution in [3.63, 3.8) is 0 Å². The number of hydrogen-bond donors (Lipinski definition) is 3. The molecular formula is C21H24N4O5S. The highest BCUT2D eigenvalue weighted by Gasteiger charge is 2.15. The first-order valence-corrected chi connectivity index (χ1v) is 10.7. The van der Waals surface area contributed by atoms with E-state index in [9.17, 15) is 18.5 Å². The van der Waals surface area contributed by atoms with Crippen molar-refractivity contribution in [2.24, 2.45) is 5.14 Å². The molecule has 1 atom stereocenters. The number of nitrogens with two attached hydrogens (primary N) is 1. The number of sulfonamides is 1. The molecule has 1 unspecified atom stereocenters. The summed E-state index contributed by atoms with van der Waals surface area (Å²) in [5.74, 6) is 0.567. The van der Waals surface area contributed by atoms with Crippen LogP contribution >= 0.6 is 0 Å². The Morgan fingerprint density at radius 2 is 1.81 bits per heavy atom. The van der Waals surface area contributed by atoms with Gasteiger partial charge in [0.2, 0.25) is 10.0 Å². The molecule has 0 heterocycles. The molecule has 0 aliphatic carbocycles. The first-order chi connectivity index (χ1) is 14.7. The van der Waals surface area contributed by atoms with Gasteiger partial charge in [0.25, 0.3) is 5.91 Å². The molecule has 0 aliphatic heterocycles. The molecular weight excluding hydrogens is 420 g/mol. The van der Waals surface area contributed by atoms with Gasteiger partial charge in [-0.25, -0.2) is 13.6 Å². The lowest BCUT2D eigenvalue weighted by Gasteiger charge is -2.16. The molecule has 2 rings (SSSR count). The minimum Gasteiger partial charge on any atom is -0.493 e. The summed E-state index contributed by atoms with van der Waals surface area (Å²) >= 11 is 0. The molecule has 0 aromatic heterocycles. The average Bonchev–Trinajstić information content (AvgIpc) is 2.75. The molecule has 0 radical (unpaired) electrons. The van der Waals surface area contributed by atoms with Crippen molar-refractivity contribution in [3.8, 4) is 17.6 Å².